The number of carboxylic acids is 1. The lowest BCUT2D eigenvalue weighted by atomic mass is 10.0. The van der Waals surface area contributed by atoms with Crippen LogP contribution in [0.3, 0.4) is 0 Å². The van der Waals surface area contributed by atoms with Crippen molar-refractivity contribution in [2.45, 2.75) is 57.5 Å². The second-order valence-corrected chi connectivity index (χ2v) is 5.78. The fourth-order valence-corrected chi connectivity index (χ4v) is 1.75. The third kappa shape index (κ3) is 7.60. The molecule has 114 valence electrons. The van der Waals surface area contributed by atoms with Gasteiger partial charge in [0.1, 0.15) is 0 Å². The summed E-state index contributed by atoms with van der Waals surface area (Å²) in [5.74, 6) is -0.951. The molecular weight excluding hydrogens is 262 g/mol. The fourth-order valence-electron chi connectivity index (χ4n) is 1.75. The predicted molar refractivity (Wildman–Crippen MR) is 73.3 cm³/mol. The van der Waals surface area contributed by atoms with Crippen LogP contribution in [0.15, 0.2) is 0 Å². The molecule has 0 aromatic rings. The number of aliphatic carboxylic acids is 1. The van der Waals surface area contributed by atoms with E-state index in [0.29, 0.717) is 25.4 Å². The maximum absolute atomic E-state index is 11.6. The maximum Gasteiger partial charge on any atom is 0.315 e. The Morgan fingerprint density at radius 3 is 2.45 bits per heavy atom. The van der Waals surface area contributed by atoms with Crippen molar-refractivity contribution in [3.05, 3.63) is 0 Å². The standard InChI is InChI=1S/C13H23N3O4/c1-13(2,8-11(18)19)16-12(20)14-7-3-4-10(17)15-9-5-6-9/h9H,3-8H2,1-2H3,(H,15,17)(H,18,19)(H2,14,16,20). The van der Waals surface area contributed by atoms with E-state index in [1.54, 1.807) is 13.8 Å². The van der Waals surface area contributed by atoms with Crippen LogP contribution >= 0.6 is 0 Å². The zero-order chi connectivity index (χ0) is 15.2. The smallest absolute Gasteiger partial charge is 0.315 e. The van der Waals surface area contributed by atoms with Gasteiger partial charge in [-0.2, -0.15) is 0 Å². The van der Waals surface area contributed by atoms with Crippen LogP contribution in [0.25, 0.3) is 0 Å². The molecule has 0 saturated heterocycles. The molecule has 1 aliphatic carbocycles. The average molecular weight is 285 g/mol. The highest BCUT2D eigenvalue weighted by Gasteiger charge is 2.24. The van der Waals surface area contributed by atoms with Crippen LogP contribution in [0, 0.1) is 0 Å². The summed E-state index contributed by atoms with van der Waals surface area (Å²) >= 11 is 0. The van der Waals surface area contributed by atoms with Crippen molar-refractivity contribution in [2.75, 3.05) is 6.54 Å². The Balaban J connectivity index is 2.09. The molecule has 0 aromatic heterocycles. The molecule has 0 unspecified atom stereocenters. The average Bonchev–Trinajstić information content (AvgIpc) is 3.05. The molecule has 7 nitrogen and oxygen atoms in total. The van der Waals surface area contributed by atoms with Crippen molar-refractivity contribution in [1.29, 1.82) is 0 Å². The largest absolute Gasteiger partial charge is 0.481 e. The van der Waals surface area contributed by atoms with Crippen molar-refractivity contribution in [3.8, 4) is 0 Å². The summed E-state index contributed by atoms with van der Waals surface area (Å²) in [5, 5.41) is 16.8. The summed E-state index contributed by atoms with van der Waals surface area (Å²) < 4.78 is 0. The molecule has 0 aliphatic heterocycles. The van der Waals surface area contributed by atoms with Gasteiger partial charge in [-0.25, -0.2) is 4.79 Å². The molecule has 1 fully saturated rings. The van der Waals surface area contributed by atoms with Gasteiger partial charge in [0.05, 0.1) is 6.42 Å². The summed E-state index contributed by atoms with van der Waals surface area (Å²) in [6.07, 6.45) is 2.92. The molecule has 0 radical (unpaired) electrons. The first kappa shape index (κ1) is 16.3. The van der Waals surface area contributed by atoms with Crippen molar-refractivity contribution >= 4 is 17.9 Å². The second-order valence-electron chi connectivity index (χ2n) is 5.78. The Hall–Kier alpha value is -1.79. The van der Waals surface area contributed by atoms with Gasteiger partial charge in [-0.05, 0) is 33.1 Å². The van der Waals surface area contributed by atoms with Crippen molar-refractivity contribution < 1.29 is 19.5 Å². The van der Waals surface area contributed by atoms with Crippen LogP contribution in [0.4, 0.5) is 4.79 Å². The lowest BCUT2D eigenvalue weighted by molar-refractivity contribution is -0.138. The van der Waals surface area contributed by atoms with E-state index in [2.05, 4.69) is 16.0 Å². The van der Waals surface area contributed by atoms with Gasteiger partial charge in [-0.15, -0.1) is 0 Å². The molecule has 20 heavy (non-hydrogen) atoms. The van der Waals surface area contributed by atoms with Crippen LogP contribution in [0.2, 0.25) is 0 Å². The summed E-state index contributed by atoms with van der Waals surface area (Å²) in [5.41, 5.74) is -0.806. The quantitative estimate of drug-likeness (QED) is 0.490. The van der Waals surface area contributed by atoms with E-state index in [1.807, 2.05) is 0 Å². The lowest BCUT2D eigenvalue weighted by Gasteiger charge is -2.24. The van der Waals surface area contributed by atoms with E-state index in [-0.39, 0.29) is 12.3 Å². The Labute approximate surface area is 118 Å². The van der Waals surface area contributed by atoms with Crippen molar-refractivity contribution in [3.63, 3.8) is 0 Å². The van der Waals surface area contributed by atoms with Gasteiger partial charge in [-0.3, -0.25) is 9.59 Å². The molecule has 0 atom stereocenters. The summed E-state index contributed by atoms with van der Waals surface area (Å²) in [7, 11) is 0. The maximum atomic E-state index is 11.6. The van der Waals surface area contributed by atoms with Gasteiger partial charge < -0.3 is 21.1 Å². The number of rotatable bonds is 8. The van der Waals surface area contributed by atoms with Gasteiger partial charge in [0, 0.05) is 24.5 Å². The highest BCUT2D eigenvalue weighted by atomic mass is 16.4. The van der Waals surface area contributed by atoms with E-state index < -0.39 is 17.5 Å². The zero-order valence-electron chi connectivity index (χ0n) is 12.0. The predicted octanol–water partition coefficient (Wildman–Crippen LogP) is 0.598. The van der Waals surface area contributed by atoms with E-state index in [9.17, 15) is 14.4 Å². The minimum absolute atomic E-state index is 0.0147. The SMILES string of the molecule is CC(C)(CC(=O)O)NC(=O)NCCCC(=O)NC1CC1. The van der Waals surface area contributed by atoms with E-state index in [1.165, 1.54) is 0 Å². The third-order valence-electron chi connectivity index (χ3n) is 2.85. The van der Waals surface area contributed by atoms with Crippen molar-refractivity contribution in [1.82, 2.24) is 16.0 Å². The molecule has 1 aliphatic rings. The Bertz CT molecular complexity index is 378. The number of carbonyl (C=O) groups excluding carboxylic acids is 2. The molecule has 0 heterocycles. The minimum Gasteiger partial charge on any atom is -0.481 e. The van der Waals surface area contributed by atoms with E-state index in [4.69, 9.17) is 5.11 Å². The number of hydrogen-bond acceptors (Lipinski definition) is 3. The number of nitrogens with one attached hydrogen (secondary N) is 3. The number of carboxylic acid groups (broad SMARTS) is 1. The Morgan fingerprint density at radius 1 is 1.25 bits per heavy atom. The number of hydrogen-bond donors (Lipinski definition) is 4. The van der Waals surface area contributed by atoms with Gasteiger partial charge in [0.2, 0.25) is 5.91 Å². The topological polar surface area (TPSA) is 108 Å². The highest BCUT2D eigenvalue weighted by Crippen LogP contribution is 2.18. The molecule has 0 aromatic carbocycles. The molecule has 1 saturated carbocycles. The first-order valence-electron chi connectivity index (χ1n) is 6.86. The third-order valence-corrected chi connectivity index (χ3v) is 2.85. The molecular formula is C13H23N3O4. The normalized spacial score (nSPS) is 14.5. The van der Waals surface area contributed by atoms with Crippen LogP contribution in [-0.2, 0) is 9.59 Å². The molecule has 0 bridgehead atoms. The molecule has 7 heteroatoms. The van der Waals surface area contributed by atoms with Gasteiger partial charge in [0.15, 0.2) is 0 Å². The monoisotopic (exact) mass is 285 g/mol. The molecule has 0 spiro atoms. The van der Waals surface area contributed by atoms with Gasteiger partial charge in [-0.1, -0.05) is 0 Å². The van der Waals surface area contributed by atoms with Crippen LogP contribution < -0.4 is 16.0 Å². The van der Waals surface area contributed by atoms with E-state index >= 15 is 0 Å². The summed E-state index contributed by atoms with van der Waals surface area (Å²) in [6, 6.07) is -0.0607. The van der Waals surface area contributed by atoms with Crippen LogP contribution in [0.5, 0.6) is 0 Å². The van der Waals surface area contributed by atoms with Crippen LogP contribution in [-0.4, -0.2) is 41.1 Å². The zero-order valence-corrected chi connectivity index (χ0v) is 12.0. The summed E-state index contributed by atoms with van der Waals surface area (Å²) in [6.45, 7) is 3.67. The number of urea groups is 1. The van der Waals surface area contributed by atoms with Gasteiger partial charge >= 0.3 is 12.0 Å². The number of amides is 3. The van der Waals surface area contributed by atoms with Crippen LogP contribution in [0.1, 0.15) is 46.0 Å². The molecule has 1 rings (SSSR count). The lowest BCUT2D eigenvalue weighted by Crippen LogP contribution is -2.49. The van der Waals surface area contributed by atoms with Crippen molar-refractivity contribution in [2.24, 2.45) is 0 Å². The Morgan fingerprint density at radius 2 is 1.90 bits per heavy atom. The first-order chi connectivity index (χ1) is 9.28. The summed E-state index contributed by atoms with van der Waals surface area (Å²) in [4.78, 5) is 33.5. The molecule has 4 N–H and O–H groups in total. The first-order valence-corrected chi connectivity index (χ1v) is 6.86. The van der Waals surface area contributed by atoms with E-state index in [0.717, 1.165) is 12.8 Å². The van der Waals surface area contributed by atoms with Gasteiger partial charge in [0.25, 0.3) is 0 Å². The molecule has 3 amide bonds. The fraction of sp³-hybridized carbons (Fsp3) is 0.769. The minimum atomic E-state index is -0.966. The highest BCUT2D eigenvalue weighted by molar-refractivity contribution is 5.77. The Kier molecular flexibility index (Phi) is 5.79. The number of carbonyl (C=O) groups is 3. The second kappa shape index (κ2) is 7.12.